The van der Waals surface area contributed by atoms with Gasteiger partial charge in [0.25, 0.3) is 0 Å². The molecule has 4 N–H and O–H groups in total. The first-order valence-electron chi connectivity index (χ1n) is 7.13. The van der Waals surface area contributed by atoms with Crippen molar-refractivity contribution < 1.29 is 9.47 Å². The molecule has 1 aliphatic carbocycles. The highest BCUT2D eigenvalue weighted by Crippen LogP contribution is 2.39. The lowest BCUT2D eigenvalue weighted by Gasteiger charge is -2.11. The minimum atomic E-state index is -0.308. The lowest BCUT2D eigenvalue weighted by atomic mass is 10.1. The van der Waals surface area contributed by atoms with Crippen LogP contribution in [0.25, 0.3) is 11.1 Å². The van der Waals surface area contributed by atoms with Gasteiger partial charge in [0.2, 0.25) is 0 Å². The summed E-state index contributed by atoms with van der Waals surface area (Å²) in [7, 11) is 0. The third-order valence-electron chi connectivity index (χ3n) is 3.47. The second kappa shape index (κ2) is 5.39. The standard InChI is InChI=1S/C17H20N2O2/c1-10(18)20-14-3-5-16-12(8-14)7-13-9-15(21-11(2)19)4-6-17(13)16/h3-6,8-11H,7,18-19H2,1-2H3. The smallest absolute Gasteiger partial charge is 0.144 e. The van der Waals surface area contributed by atoms with Crippen LogP contribution in [-0.2, 0) is 6.42 Å². The molecule has 4 nitrogen and oxygen atoms in total. The third-order valence-corrected chi connectivity index (χ3v) is 3.47. The fraction of sp³-hybridized carbons (Fsp3) is 0.294. The average Bonchev–Trinajstić information content (AvgIpc) is 2.73. The molecule has 21 heavy (non-hydrogen) atoms. The molecule has 4 heteroatoms. The maximum atomic E-state index is 5.67. The van der Waals surface area contributed by atoms with E-state index in [0.717, 1.165) is 17.9 Å². The van der Waals surface area contributed by atoms with Crippen molar-refractivity contribution in [3.8, 4) is 22.6 Å². The summed E-state index contributed by atoms with van der Waals surface area (Å²) in [6.45, 7) is 3.64. The molecular weight excluding hydrogens is 264 g/mol. The molecule has 0 radical (unpaired) electrons. The second-order valence-corrected chi connectivity index (χ2v) is 5.46. The summed E-state index contributed by atoms with van der Waals surface area (Å²) in [5.74, 6) is 1.62. The van der Waals surface area contributed by atoms with Crippen molar-refractivity contribution in [1.29, 1.82) is 0 Å². The van der Waals surface area contributed by atoms with Crippen molar-refractivity contribution in [2.45, 2.75) is 32.7 Å². The van der Waals surface area contributed by atoms with Crippen LogP contribution < -0.4 is 20.9 Å². The molecule has 0 saturated carbocycles. The van der Waals surface area contributed by atoms with Crippen molar-refractivity contribution in [1.82, 2.24) is 0 Å². The molecule has 0 aromatic heterocycles. The number of ether oxygens (including phenoxy) is 2. The van der Waals surface area contributed by atoms with Crippen LogP contribution in [0.1, 0.15) is 25.0 Å². The van der Waals surface area contributed by atoms with Crippen molar-refractivity contribution in [3.05, 3.63) is 47.5 Å². The molecule has 3 rings (SSSR count). The SMILES string of the molecule is CC(N)Oc1ccc2c(c1)Cc1cc(OC(C)N)ccc1-2. The van der Waals surface area contributed by atoms with Crippen LogP contribution in [0.2, 0.25) is 0 Å². The van der Waals surface area contributed by atoms with Gasteiger partial charge in [-0.1, -0.05) is 12.1 Å². The molecule has 2 unspecified atom stereocenters. The normalized spacial score (nSPS) is 15.0. The molecule has 2 aromatic carbocycles. The Labute approximate surface area is 124 Å². The van der Waals surface area contributed by atoms with E-state index in [0.29, 0.717) is 0 Å². The molecule has 110 valence electrons. The van der Waals surface area contributed by atoms with E-state index in [1.165, 1.54) is 22.3 Å². The summed E-state index contributed by atoms with van der Waals surface area (Å²) >= 11 is 0. The Kier molecular flexibility index (Phi) is 3.57. The van der Waals surface area contributed by atoms with Crippen LogP contribution in [0, 0.1) is 0 Å². The van der Waals surface area contributed by atoms with E-state index in [1.54, 1.807) is 0 Å². The summed E-state index contributed by atoms with van der Waals surface area (Å²) in [5.41, 5.74) is 16.3. The Hall–Kier alpha value is -2.04. The minimum Gasteiger partial charge on any atom is -0.476 e. The van der Waals surface area contributed by atoms with Gasteiger partial charge in [0.1, 0.15) is 24.0 Å². The predicted octanol–water partition coefficient (Wildman–Crippen LogP) is 2.62. The van der Waals surface area contributed by atoms with E-state index < -0.39 is 0 Å². The number of benzene rings is 2. The van der Waals surface area contributed by atoms with Crippen LogP contribution >= 0.6 is 0 Å². The van der Waals surface area contributed by atoms with Gasteiger partial charge < -0.3 is 9.47 Å². The zero-order valence-electron chi connectivity index (χ0n) is 12.3. The quantitative estimate of drug-likeness (QED) is 0.723. The van der Waals surface area contributed by atoms with E-state index in [1.807, 2.05) is 26.0 Å². The van der Waals surface area contributed by atoms with Crippen molar-refractivity contribution in [3.63, 3.8) is 0 Å². The van der Waals surface area contributed by atoms with Gasteiger partial charge in [0.05, 0.1) is 0 Å². The first-order valence-corrected chi connectivity index (χ1v) is 7.13. The molecule has 0 heterocycles. The first kappa shape index (κ1) is 13.9. The summed E-state index contributed by atoms with van der Waals surface area (Å²) in [6.07, 6.45) is 0.257. The molecule has 2 atom stereocenters. The van der Waals surface area contributed by atoms with Gasteiger partial charge in [-0.05, 0) is 66.8 Å². The first-order chi connectivity index (χ1) is 10.0. The molecule has 0 amide bonds. The van der Waals surface area contributed by atoms with Gasteiger partial charge in [-0.2, -0.15) is 0 Å². The third kappa shape index (κ3) is 2.86. The summed E-state index contributed by atoms with van der Waals surface area (Å²) in [5, 5.41) is 0. The van der Waals surface area contributed by atoms with Gasteiger partial charge in [-0.3, -0.25) is 11.5 Å². The number of rotatable bonds is 4. The molecule has 1 aliphatic rings. The average molecular weight is 284 g/mol. The highest BCUT2D eigenvalue weighted by molar-refractivity contribution is 5.78. The van der Waals surface area contributed by atoms with Gasteiger partial charge in [0, 0.05) is 0 Å². The molecule has 0 fully saturated rings. The van der Waals surface area contributed by atoms with E-state index in [-0.39, 0.29) is 12.5 Å². The Morgan fingerprint density at radius 2 is 1.24 bits per heavy atom. The molecule has 0 bridgehead atoms. The van der Waals surface area contributed by atoms with E-state index in [4.69, 9.17) is 20.9 Å². The predicted molar refractivity (Wildman–Crippen MR) is 83.2 cm³/mol. The Bertz CT molecular complexity index is 608. The number of hydrogen-bond acceptors (Lipinski definition) is 4. The van der Waals surface area contributed by atoms with E-state index in [2.05, 4.69) is 24.3 Å². The molecule has 0 spiro atoms. The van der Waals surface area contributed by atoms with Gasteiger partial charge in [-0.25, -0.2) is 0 Å². The van der Waals surface area contributed by atoms with Crippen LogP contribution in [0.15, 0.2) is 36.4 Å². The second-order valence-electron chi connectivity index (χ2n) is 5.46. The van der Waals surface area contributed by atoms with Crippen LogP contribution in [0.4, 0.5) is 0 Å². The lowest BCUT2D eigenvalue weighted by molar-refractivity contribution is 0.229. The van der Waals surface area contributed by atoms with Crippen molar-refractivity contribution in [2.75, 3.05) is 0 Å². The van der Waals surface area contributed by atoms with E-state index >= 15 is 0 Å². The van der Waals surface area contributed by atoms with E-state index in [9.17, 15) is 0 Å². The molecule has 2 aromatic rings. The monoisotopic (exact) mass is 284 g/mol. The Morgan fingerprint density at radius 3 is 1.62 bits per heavy atom. The Balaban J connectivity index is 1.90. The zero-order chi connectivity index (χ0) is 15.0. The lowest BCUT2D eigenvalue weighted by Crippen LogP contribution is -2.22. The minimum absolute atomic E-state index is 0.308. The van der Waals surface area contributed by atoms with Gasteiger partial charge in [-0.15, -0.1) is 0 Å². The summed E-state index contributed by atoms with van der Waals surface area (Å²) in [4.78, 5) is 0. The largest absolute Gasteiger partial charge is 0.476 e. The Morgan fingerprint density at radius 1 is 0.810 bits per heavy atom. The van der Waals surface area contributed by atoms with Crippen LogP contribution in [-0.4, -0.2) is 12.5 Å². The van der Waals surface area contributed by atoms with Crippen molar-refractivity contribution in [2.24, 2.45) is 11.5 Å². The maximum Gasteiger partial charge on any atom is 0.144 e. The van der Waals surface area contributed by atoms with Gasteiger partial charge in [0.15, 0.2) is 0 Å². The number of nitrogens with two attached hydrogens (primary N) is 2. The summed E-state index contributed by atoms with van der Waals surface area (Å²) in [6, 6.07) is 12.2. The number of hydrogen-bond donors (Lipinski definition) is 2. The molecular formula is C17H20N2O2. The van der Waals surface area contributed by atoms with Gasteiger partial charge >= 0.3 is 0 Å². The zero-order valence-corrected chi connectivity index (χ0v) is 12.3. The molecule has 0 saturated heterocycles. The topological polar surface area (TPSA) is 70.5 Å². The highest BCUT2D eigenvalue weighted by atomic mass is 16.5. The summed E-state index contributed by atoms with van der Waals surface area (Å²) < 4.78 is 11.1. The van der Waals surface area contributed by atoms with Crippen molar-refractivity contribution >= 4 is 0 Å². The fourth-order valence-corrected chi connectivity index (χ4v) is 2.74. The fourth-order valence-electron chi connectivity index (χ4n) is 2.74. The highest BCUT2D eigenvalue weighted by Gasteiger charge is 2.20. The maximum absolute atomic E-state index is 5.67. The van der Waals surface area contributed by atoms with Crippen LogP contribution in [0.5, 0.6) is 11.5 Å². The van der Waals surface area contributed by atoms with Crippen LogP contribution in [0.3, 0.4) is 0 Å². The number of fused-ring (bicyclic) bond motifs is 3. The molecule has 0 aliphatic heterocycles.